The van der Waals surface area contributed by atoms with Gasteiger partial charge in [-0.1, -0.05) is 13.0 Å². The molecule has 1 aromatic rings. The maximum absolute atomic E-state index is 12.3. The van der Waals surface area contributed by atoms with E-state index in [2.05, 4.69) is 0 Å². The summed E-state index contributed by atoms with van der Waals surface area (Å²) >= 11 is 0. The summed E-state index contributed by atoms with van der Waals surface area (Å²) in [4.78, 5) is 0.338. The maximum atomic E-state index is 12.3. The van der Waals surface area contributed by atoms with Gasteiger partial charge < -0.3 is 3.87 Å². The molecule has 5 heteroatoms. The first-order valence-corrected chi connectivity index (χ1v) is 10.9. The Morgan fingerprint density at radius 3 is 2.17 bits per heavy atom. The van der Waals surface area contributed by atoms with Crippen LogP contribution in [-0.4, -0.2) is 16.7 Å². The van der Waals surface area contributed by atoms with Crippen molar-refractivity contribution < 1.29 is 12.3 Å². The predicted octanol–water partition coefficient (Wildman–Crippen LogP) is 3.41. The molecule has 0 atom stereocenters. The Kier molecular flexibility index (Phi) is 4.41. The summed E-state index contributed by atoms with van der Waals surface area (Å²) in [6.07, 6.45) is 0.690. The zero-order valence-corrected chi connectivity index (χ0v) is 13.8. The van der Waals surface area contributed by atoms with Crippen molar-refractivity contribution in [1.82, 2.24) is 0 Å². The smallest absolute Gasteiger partial charge is 0.287 e. The third-order valence-electron chi connectivity index (χ3n) is 2.56. The van der Waals surface area contributed by atoms with E-state index in [1.165, 1.54) is 0 Å². The van der Waals surface area contributed by atoms with Gasteiger partial charge in [-0.25, -0.2) is 0 Å². The van der Waals surface area contributed by atoms with Crippen LogP contribution in [0.3, 0.4) is 0 Å². The quantitative estimate of drug-likeness (QED) is 0.797. The van der Waals surface area contributed by atoms with Crippen molar-refractivity contribution in [2.24, 2.45) is 0 Å². The minimum Gasteiger partial charge on any atom is -0.312 e. The fourth-order valence-corrected chi connectivity index (χ4v) is 5.94. The Hall–Kier alpha value is -0.653. The molecule has 0 spiro atoms. The molecule has 0 saturated heterocycles. The molecule has 0 aliphatic heterocycles. The van der Waals surface area contributed by atoms with Crippen LogP contribution < -0.4 is 0 Å². The Labute approximate surface area is 111 Å². The highest BCUT2D eigenvalue weighted by molar-refractivity contribution is 7.87. The van der Waals surface area contributed by atoms with E-state index >= 15 is 0 Å². The zero-order chi connectivity index (χ0) is 14.1. The number of benzene rings is 1. The maximum Gasteiger partial charge on any atom is 0.287 e. The fourth-order valence-electron chi connectivity index (χ4n) is 2.01. The van der Waals surface area contributed by atoms with Crippen LogP contribution in [0.15, 0.2) is 17.0 Å². The van der Waals surface area contributed by atoms with Crippen molar-refractivity contribution in [3.63, 3.8) is 0 Å². The number of hydrogen-bond acceptors (Lipinski definition) is 3. The zero-order valence-electron chi connectivity index (χ0n) is 12.0. The second-order valence-corrected chi connectivity index (χ2v) is 11.8. The highest BCUT2D eigenvalue weighted by atomic mass is 32.2. The van der Waals surface area contributed by atoms with E-state index in [9.17, 15) is 8.42 Å². The third-order valence-corrected chi connectivity index (χ3v) is 6.34. The normalized spacial score (nSPS) is 12.8. The topological polar surface area (TPSA) is 43.4 Å². The molecule has 18 heavy (non-hydrogen) atoms. The summed E-state index contributed by atoms with van der Waals surface area (Å²) in [6.45, 7) is 11.4. The SMILES string of the molecule is CCc1c(C)cc(C)cc1S(=O)(=O)O[Si](C)(C)C. The molecular formula is C13H22O3SSi. The summed E-state index contributed by atoms with van der Waals surface area (Å²) in [5.41, 5.74) is 2.82. The molecule has 0 N–H and O–H groups in total. The summed E-state index contributed by atoms with van der Waals surface area (Å²) in [5.74, 6) is 0. The molecule has 0 aliphatic carbocycles. The Morgan fingerprint density at radius 2 is 1.72 bits per heavy atom. The lowest BCUT2D eigenvalue weighted by Gasteiger charge is -2.19. The van der Waals surface area contributed by atoms with Crippen LogP contribution in [0.5, 0.6) is 0 Å². The van der Waals surface area contributed by atoms with Gasteiger partial charge in [0.2, 0.25) is 8.32 Å². The van der Waals surface area contributed by atoms with Crippen molar-refractivity contribution in [3.8, 4) is 0 Å². The molecule has 0 unspecified atom stereocenters. The Bertz CT molecular complexity index is 542. The lowest BCUT2D eigenvalue weighted by molar-refractivity contribution is 0.484. The van der Waals surface area contributed by atoms with Crippen molar-refractivity contribution in [2.45, 2.75) is 51.7 Å². The lowest BCUT2D eigenvalue weighted by atomic mass is 10.0. The van der Waals surface area contributed by atoms with Crippen molar-refractivity contribution >= 4 is 18.4 Å². The Balaban J connectivity index is 3.41. The first-order valence-electron chi connectivity index (χ1n) is 6.12. The highest BCUT2D eigenvalue weighted by Crippen LogP contribution is 2.26. The van der Waals surface area contributed by atoms with E-state index in [1.54, 1.807) is 6.07 Å². The molecular weight excluding hydrogens is 264 g/mol. The van der Waals surface area contributed by atoms with E-state index in [0.29, 0.717) is 11.3 Å². The van der Waals surface area contributed by atoms with Crippen molar-refractivity contribution in [1.29, 1.82) is 0 Å². The van der Waals surface area contributed by atoms with Gasteiger partial charge in [0.25, 0.3) is 10.1 Å². The van der Waals surface area contributed by atoms with E-state index in [4.69, 9.17) is 3.87 Å². The summed E-state index contributed by atoms with van der Waals surface area (Å²) < 4.78 is 30.1. The van der Waals surface area contributed by atoms with Crippen LogP contribution in [0.1, 0.15) is 23.6 Å². The number of hydrogen-bond donors (Lipinski definition) is 0. The van der Waals surface area contributed by atoms with E-state index in [1.807, 2.05) is 46.5 Å². The molecule has 0 bridgehead atoms. The molecule has 0 amide bonds. The summed E-state index contributed by atoms with van der Waals surface area (Å²) in [5, 5.41) is 0. The first kappa shape index (κ1) is 15.4. The molecule has 1 aromatic carbocycles. The van der Waals surface area contributed by atoms with Crippen LogP contribution in [0, 0.1) is 13.8 Å². The molecule has 0 heterocycles. The van der Waals surface area contributed by atoms with Crippen LogP contribution in [0.4, 0.5) is 0 Å². The molecule has 0 aromatic heterocycles. The highest BCUT2D eigenvalue weighted by Gasteiger charge is 2.28. The van der Waals surface area contributed by atoms with E-state index < -0.39 is 18.4 Å². The van der Waals surface area contributed by atoms with Crippen molar-refractivity contribution in [3.05, 3.63) is 28.8 Å². The van der Waals surface area contributed by atoms with Gasteiger partial charge in [-0.2, -0.15) is 8.42 Å². The number of aryl methyl sites for hydroxylation is 2. The van der Waals surface area contributed by atoms with Gasteiger partial charge in [-0.05, 0) is 62.7 Å². The van der Waals surface area contributed by atoms with Crippen LogP contribution in [0.25, 0.3) is 0 Å². The molecule has 3 nitrogen and oxygen atoms in total. The monoisotopic (exact) mass is 286 g/mol. The molecule has 102 valence electrons. The van der Waals surface area contributed by atoms with E-state index in [0.717, 1.165) is 16.7 Å². The van der Waals surface area contributed by atoms with Crippen LogP contribution in [0.2, 0.25) is 19.6 Å². The average molecular weight is 286 g/mol. The van der Waals surface area contributed by atoms with Gasteiger partial charge in [0, 0.05) is 0 Å². The second-order valence-electron chi connectivity index (χ2n) is 5.56. The fraction of sp³-hybridized carbons (Fsp3) is 0.538. The van der Waals surface area contributed by atoms with Gasteiger partial charge in [0.1, 0.15) is 0 Å². The lowest BCUT2D eigenvalue weighted by Crippen LogP contribution is -2.29. The van der Waals surface area contributed by atoms with Gasteiger partial charge in [-0.3, -0.25) is 0 Å². The van der Waals surface area contributed by atoms with Crippen LogP contribution in [-0.2, 0) is 20.4 Å². The largest absolute Gasteiger partial charge is 0.312 e. The Morgan fingerprint density at radius 1 is 1.17 bits per heavy atom. The predicted molar refractivity (Wildman–Crippen MR) is 76.9 cm³/mol. The van der Waals surface area contributed by atoms with Gasteiger partial charge in [0.05, 0.1) is 4.90 Å². The van der Waals surface area contributed by atoms with Gasteiger partial charge >= 0.3 is 0 Å². The van der Waals surface area contributed by atoms with Gasteiger partial charge in [0.15, 0.2) is 0 Å². The van der Waals surface area contributed by atoms with Crippen LogP contribution >= 0.6 is 0 Å². The minimum absolute atomic E-state index is 0.338. The minimum atomic E-state index is -3.64. The van der Waals surface area contributed by atoms with Crippen molar-refractivity contribution in [2.75, 3.05) is 0 Å². The molecule has 0 saturated carbocycles. The average Bonchev–Trinajstić information content (AvgIpc) is 2.12. The third kappa shape index (κ3) is 3.67. The second kappa shape index (κ2) is 5.15. The number of rotatable bonds is 4. The molecule has 0 aliphatic rings. The molecule has 0 fully saturated rings. The standard InChI is InChI=1S/C13H22O3SSi/c1-7-12-11(3)8-10(2)9-13(12)17(14,15)16-18(4,5)6/h8-9H,7H2,1-6H3. The summed E-state index contributed by atoms with van der Waals surface area (Å²) in [6, 6.07) is 3.72. The van der Waals surface area contributed by atoms with Gasteiger partial charge in [-0.15, -0.1) is 0 Å². The molecule has 0 radical (unpaired) electrons. The summed E-state index contributed by atoms with van der Waals surface area (Å²) in [7, 11) is -5.78. The van der Waals surface area contributed by atoms with E-state index in [-0.39, 0.29) is 0 Å². The first-order chi connectivity index (χ1) is 8.07. The molecule has 1 rings (SSSR count).